The normalized spacial score (nSPS) is 10.3. The van der Waals surface area contributed by atoms with Crippen LogP contribution in [-0.2, 0) is 16.1 Å². The molecule has 0 saturated carbocycles. The molecule has 0 heterocycles. The Kier molecular flexibility index (Phi) is 6.28. The van der Waals surface area contributed by atoms with Crippen molar-refractivity contribution in [1.29, 1.82) is 0 Å². The molecule has 0 aliphatic rings. The molecule has 5 heteroatoms. The molecule has 0 aromatic heterocycles. The smallest absolute Gasteiger partial charge is 0.313 e. The Labute approximate surface area is 163 Å². The van der Waals surface area contributed by atoms with Crippen molar-refractivity contribution in [2.45, 2.75) is 16.3 Å². The molecule has 3 rings (SSSR count). The van der Waals surface area contributed by atoms with E-state index in [0.717, 1.165) is 15.4 Å². The molecule has 3 aromatic carbocycles. The van der Waals surface area contributed by atoms with Crippen LogP contribution in [0.25, 0.3) is 0 Å². The van der Waals surface area contributed by atoms with E-state index < -0.39 is 11.8 Å². The molecule has 136 valence electrons. The van der Waals surface area contributed by atoms with E-state index in [9.17, 15) is 9.59 Å². The average molecular weight is 376 g/mol. The highest BCUT2D eigenvalue weighted by atomic mass is 32.2. The molecule has 0 fully saturated rings. The molecule has 0 atom stereocenters. The Bertz CT molecular complexity index is 914. The Hall–Kier alpha value is -3.05. The number of amides is 2. The van der Waals surface area contributed by atoms with Gasteiger partial charge in [-0.05, 0) is 29.8 Å². The highest BCUT2D eigenvalue weighted by Gasteiger charge is 2.20. The van der Waals surface area contributed by atoms with E-state index in [1.165, 1.54) is 16.7 Å². The van der Waals surface area contributed by atoms with Crippen molar-refractivity contribution in [1.82, 2.24) is 4.90 Å². The predicted molar refractivity (Wildman–Crippen MR) is 109 cm³/mol. The van der Waals surface area contributed by atoms with Crippen molar-refractivity contribution in [3.8, 4) is 0 Å². The van der Waals surface area contributed by atoms with E-state index in [2.05, 4.69) is 5.32 Å². The van der Waals surface area contributed by atoms with Crippen molar-refractivity contribution in [2.24, 2.45) is 0 Å². The molecule has 1 N–H and O–H groups in total. The third kappa shape index (κ3) is 5.21. The van der Waals surface area contributed by atoms with Gasteiger partial charge >= 0.3 is 11.8 Å². The van der Waals surface area contributed by atoms with Gasteiger partial charge in [-0.2, -0.15) is 0 Å². The van der Waals surface area contributed by atoms with Crippen molar-refractivity contribution in [2.75, 3.05) is 12.4 Å². The second-order valence-corrected chi connectivity index (χ2v) is 7.13. The number of rotatable bonds is 5. The zero-order chi connectivity index (χ0) is 19.1. The lowest BCUT2D eigenvalue weighted by atomic mass is 10.2. The number of anilines is 1. The number of benzene rings is 3. The minimum absolute atomic E-state index is 0.382. The average Bonchev–Trinajstić information content (AvgIpc) is 2.70. The van der Waals surface area contributed by atoms with Gasteiger partial charge in [0.15, 0.2) is 0 Å². The van der Waals surface area contributed by atoms with Gasteiger partial charge in [0.2, 0.25) is 0 Å². The number of para-hydroxylation sites is 1. The van der Waals surface area contributed by atoms with Crippen molar-refractivity contribution >= 4 is 29.3 Å². The van der Waals surface area contributed by atoms with E-state index in [1.54, 1.807) is 13.1 Å². The first-order valence-electron chi connectivity index (χ1n) is 8.56. The molecule has 0 bridgehead atoms. The van der Waals surface area contributed by atoms with Crippen LogP contribution < -0.4 is 5.32 Å². The van der Waals surface area contributed by atoms with E-state index in [0.29, 0.717) is 12.2 Å². The Morgan fingerprint density at radius 1 is 0.852 bits per heavy atom. The summed E-state index contributed by atoms with van der Waals surface area (Å²) in [6.45, 7) is 0.382. The maximum atomic E-state index is 12.4. The van der Waals surface area contributed by atoms with E-state index in [1.807, 2.05) is 78.9 Å². The molecule has 0 saturated heterocycles. The van der Waals surface area contributed by atoms with Crippen LogP contribution in [-0.4, -0.2) is 23.8 Å². The van der Waals surface area contributed by atoms with Crippen molar-refractivity contribution in [3.05, 3.63) is 90.5 Å². The molecule has 27 heavy (non-hydrogen) atoms. The zero-order valence-corrected chi connectivity index (χ0v) is 15.8. The fraction of sp³-hybridized carbons (Fsp3) is 0.0909. The summed E-state index contributed by atoms with van der Waals surface area (Å²) >= 11 is 1.54. The molecule has 0 aliphatic carbocycles. The Morgan fingerprint density at radius 3 is 2.15 bits per heavy atom. The maximum absolute atomic E-state index is 12.4. The lowest BCUT2D eigenvalue weighted by Gasteiger charge is -2.17. The van der Waals surface area contributed by atoms with Crippen LogP contribution in [0.15, 0.2) is 94.7 Å². The van der Waals surface area contributed by atoms with Gasteiger partial charge in [-0.1, -0.05) is 72.4 Å². The third-order valence-corrected chi connectivity index (χ3v) is 4.99. The number of hydrogen-bond acceptors (Lipinski definition) is 3. The van der Waals surface area contributed by atoms with Crippen LogP contribution in [0.1, 0.15) is 5.56 Å². The van der Waals surface area contributed by atoms with E-state index in [4.69, 9.17) is 0 Å². The van der Waals surface area contributed by atoms with Gasteiger partial charge < -0.3 is 10.2 Å². The third-order valence-electron chi connectivity index (χ3n) is 3.91. The summed E-state index contributed by atoms with van der Waals surface area (Å²) in [6.07, 6.45) is 0. The minimum atomic E-state index is -0.644. The van der Waals surface area contributed by atoms with Crippen LogP contribution in [0.2, 0.25) is 0 Å². The minimum Gasteiger partial charge on any atom is -0.333 e. The summed E-state index contributed by atoms with van der Waals surface area (Å²) in [7, 11) is 1.62. The molecule has 4 nitrogen and oxygen atoms in total. The van der Waals surface area contributed by atoms with Gasteiger partial charge in [-0.15, -0.1) is 0 Å². The number of hydrogen-bond donors (Lipinski definition) is 1. The lowest BCUT2D eigenvalue weighted by Crippen LogP contribution is -2.36. The maximum Gasteiger partial charge on any atom is 0.313 e. The van der Waals surface area contributed by atoms with Gasteiger partial charge in [-0.3, -0.25) is 9.59 Å². The predicted octanol–water partition coefficient (Wildman–Crippen LogP) is 4.43. The molecule has 0 spiro atoms. The first kappa shape index (κ1) is 18.7. The van der Waals surface area contributed by atoms with Gasteiger partial charge in [0.25, 0.3) is 0 Å². The highest BCUT2D eigenvalue weighted by molar-refractivity contribution is 7.99. The summed E-state index contributed by atoms with van der Waals surface area (Å²) in [4.78, 5) is 28.2. The van der Waals surface area contributed by atoms with E-state index >= 15 is 0 Å². The summed E-state index contributed by atoms with van der Waals surface area (Å²) in [6, 6.07) is 26.9. The van der Waals surface area contributed by atoms with Gasteiger partial charge in [0, 0.05) is 23.4 Å². The fourth-order valence-corrected chi connectivity index (χ4v) is 3.48. The fourth-order valence-electron chi connectivity index (χ4n) is 2.55. The van der Waals surface area contributed by atoms with Gasteiger partial charge in [0.1, 0.15) is 0 Å². The topological polar surface area (TPSA) is 49.4 Å². The monoisotopic (exact) mass is 376 g/mol. The summed E-state index contributed by atoms with van der Waals surface area (Å²) in [5.41, 5.74) is 1.60. The van der Waals surface area contributed by atoms with Crippen LogP contribution in [0.3, 0.4) is 0 Å². The molecule has 2 amide bonds. The molecular weight excluding hydrogens is 356 g/mol. The highest BCUT2D eigenvalue weighted by Crippen LogP contribution is 2.33. The number of likely N-dealkylation sites (N-methyl/N-ethyl adjacent to an activating group) is 1. The lowest BCUT2D eigenvalue weighted by molar-refractivity contribution is -0.142. The molecule has 0 aliphatic heterocycles. The first-order chi connectivity index (χ1) is 13.1. The zero-order valence-electron chi connectivity index (χ0n) is 15.0. The summed E-state index contributed by atoms with van der Waals surface area (Å²) < 4.78 is 0. The van der Waals surface area contributed by atoms with Gasteiger partial charge in [-0.25, -0.2) is 0 Å². The number of nitrogens with one attached hydrogen (secondary N) is 1. The largest absolute Gasteiger partial charge is 0.333 e. The standard InChI is InChI=1S/C22H20N2O2S/c1-24(16-17-10-4-2-5-11-17)22(26)21(25)23-19-14-8-9-15-20(19)27-18-12-6-3-7-13-18/h2-15H,16H2,1H3,(H,23,25). The second-order valence-electron chi connectivity index (χ2n) is 6.01. The van der Waals surface area contributed by atoms with Crippen molar-refractivity contribution in [3.63, 3.8) is 0 Å². The molecule has 3 aromatic rings. The van der Waals surface area contributed by atoms with E-state index in [-0.39, 0.29) is 0 Å². The SMILES string of the molecule is CN(Cc1ccccc1)C(=O)C(=O)Nc1ccccc1Sc1ccccc1. The molecular formula is C22H20N2O2S. The van der Waals surface area contributed by atoms with Gasteiger partial charge in [0.05, 0.1) is 5.69 Å². The van der Waals surface area contributed by atoms with Crippen LogP contribution in [0.5, 0.6) is 0 Å². The number of carbonyl (C=O) groups is 2. The quantitative estimate of drug-likeness (QED) is 0.670. The van der Waals surface area contributed by atoms with Crippen molar-refractivity contribution < 1.29 is 9.59 Å². The van der Waals surface area contributed by atoms with Crippen LogP contribution >= 0.6 is 11.8 Å². The first-order valence-corrected chi connectivity index (χ1v) is 9.37. The van der Waals surface area contributed by atoms with Crippen LogP contribution in [0, 0.1) is 0 Å². The molecule has 0 unspecified atom stereocenters. The number of carbonyl (C=O) groups excluding carboxylic acids is 2. The summed E-state index contributed by atoms with van der Waals surface area (Å²) in [5, 5.41) is 2.75. The Morgan fingerprint density at radius 2 is 1.44 bits per heavy atom. The van der Waals surface area contributed by atoms with Crippen LogP contribution in [0.4, 0.5) is 5.69 Å². The Balaban J connectivity index is 1.67. The molecule has 0 radical (unpaired) electrons. The number of nitrogens with zero attached hydrogens (tertiary/aromatic N) is 1. The summed E-state index contributed by atoms with van der Waals surface area (Å²) in [5.74, 6) is -1.21. The second kappa shape index (κ2) is 9.05.